The summed E-state index contributed by atoms with van der Waals surface area (Å²) < 4.78 is 66.8. The molecule has 0 fully saturated rings. The summed E-state index contributed by atoms with van der Waals surface area (Å²) >= 11 is 6.12. The Morgan fingerprint density at radius 1 is 0.854 bits per heavy atom. The number of hydrogen-bond acceptors (Lipinski definition) is 11. The number of furan rings is 1. The number of ether oxygens (including phenoxy) is 4. The summed E-state index contributed by atoms with van der Waals surface area (Å²) in [5, 5.41) is 0.313. The number of nitrogens with zero attached hydrogens (tertiary/aromatic N) is 2. The highest BCUT2D eigenvalue weighted by atomic mass is 35.5. The summed E-state index contributed by atoms with van der Waals surface area (Å²) in [5.41, 5.74) is -2.08. The van der Waals surface area contributed by atoms with Gasteiger partial charge in [-0.3, -0.25) is 4.98 Å². The van der Waals surface area contributed by atoms with Crippen molar-refractivity contribution in [2.45, 2.75) is 12.2 Å². The van der Waals surface area contributed by atoms with Crippen LogP contribution in [-0.4, -0.2) is 57.3 Å². The molecule has 0 aliphatic heterocycles. The van der Waals surface area contributed by atoms with E-state index in [0.29, 0.717) is 5.02 Å². The fourth-order valence-electron chi connectivity index (χ4n) is 4.72. The molecule has 2 aromatic carbocycles. The Labute approximate surface area is 276 Å². The second kappa shape index (κ2) is 14.9. The summed E-state index contributed by atoms with van der Waals surface area (Å²) in [5.74, 6) is -5.15. The van der Waals surface area contributed by atoms with Gasteiger partial charge >= 0.3 is 30.1 Å². The molecule has 4 rings (SSSR count). The number of benzene rings is 2. The minimum absolute atomic E-state index is 0.0386. The average Bonchev–Trinajstić information content (AvgIpc) is 3.49. The van der Waals surface area contributed by atoms with Gasteiger partial charge in [0.15, 0.2) is 5.76 Å². The zero-order valence-corrected chi connectivity index (χ0v) is 26.4. The van der Waals surface area contributed by atoms with Crippen LogP contribution in [-0.2, 0) is 34.7 Å². The number of carbonyl (C=O) groups is 4. The lowest BCUT2D eigenvalue weighted by Crippen LogP contribution is -2.32. The minimum atomic E-state index is -4.73. The van der Waals surface area contributed by atoms with Gasteiger partial charge in [0.1, 0.15) is 17.3 Å². The van der Waals surface area contributed by atoms with E-state index in [1.807, 2.05) is 0 Å². The quantitative estimate of drug-likeness (QED) is 0.0997. The second-order valence-corrected chi connectivity index (χ2v) is 10.1. The molecule has 0 N–H and O–H groups in total. The Balaban J connectivity index is 2.27. The van der Waals surface area contributed by atoms with Crippen molar-refractivity contribution in [3.8, 4) is 11.3 Å². The highest BCUT2D eigenvalue weighted by Gasteiger charge is 2.41. The van der Waals surface area contributed by atoms with E-state index in [2.05, 4.69) is 4.98 Å². The Hall–Kier alpha value is -5.63. The fourth-order valence-corrected chi connectivity index (χ4v) is 4.84. The van der Waals surface area contributed by atoms with Gasteiger partial charge in [0, 0.05) is 28.5 Å². The number of hydrogen-bond donors (Lipinski definition) is 0. The van der Waals surface area contributed by atoms with E-state index in [9.17, 15) is 32.3 Å². The van der Waals surface area contributed by atoms with Crippen molar-refractivity contribution in [1.29, 1.82) is 0 Å². The van der Waals surface area contributed by atoms with Crippen molar-refractivity contribution in [1.82, 2.24) is 4.98 Å². The molecule has 1 unspecified atom stereocenters. The SMILES string of the molecule is COC(=O)/C=C(\C(=O)OC)C(c1ccccn1)N(c1ccc(C(F)(F)F)cc1)c1c(-c2ccc(Cl)cc2)oc(C(=O)OC)c1C(=O)OC. The third-order valence-corrected chi connectivity index (χ3v) is 7.13. The van der Waals surface area contributed by atoms with Crippen molar-refractivity contribution in [2.75, 3.05) is 33.3 Å². The van der Waals surface area contributed by atoms with Crippen LogP contribution in [0.2, 0.25) is 5.02 Å². The number of carbonyl (C=O) groups excluding carboxylic acids is 4. The van der Waals surface area contributed by atoms with Crippen LogP contribution in [0.25, 0.3) is 11.3 Å². The number of esters is 4. The molecular formula is C33H26ClF3N2O9. The fraction of sp³-hybridized carbons (Fsp3) is 0.182. The maximum absolute atomic E-state index is 13.7. The number of methoxy groups -OCH3 is 4. The molecule has 0 aliphatic rings. The molecule has 0 saturated heterocycles. The van der Waals surface area contributed by atoms with E-state index in [1.165, 1.54) is 41.4 Å². The van der Waals surface area contributed by atoms with E-state index >= 15 is 0 Å². The minimum Gasteiger partial charge on any atom is -0.466 e. The van der Waals surface area contributed by atoms with E-state index in [4.69, 9.17) is 35.0 Å². The lowest BCUT2D eigenvalue weighted by molar-refractivity contribution is -0.138. The molecule has 0 aliphatic carbocycles. The van der Waals surface area contributed by atoms with Gasteiger partial charge in [-0.15, -0.1) is 0 Å². The number of alkyl halides is 3. The highest BCUT2D eigenvalue weighted by molar-refractivity contribution is 6.30. The maximum atomic E-state index is 13.7. The van der Waals surface area contributed by atoms with Crippen LogP contribution in [0.5, 0.6) is 0 Å². The van der Waals surface area contributed by atoms with Gasteiger partial charge < -0.3 is 28.3 Å². The number of halogens is 4. The van der Waals surface area contributed by atoms with E-state index in [-0.39, 0.29) is 28.4 Å². The summed E-state index contributed by atoms with van der Waals surface area (Å²) in [6, 6.07) is 12.6. The van der Waals surface area contributed by atoms with Gasteiger partial charge in [0.05, 0.1) is 45.3 Å². The van der Waals surface area contributed by atoms with Gasteiger partial charge in [-0.1, -0.05) is 17.7 Å². The zero-order chi connectivity index (χ0) is 35.2. The first-order valence-electron chi connectivity index (χ1n) is 13.7. The molecule has 4 aromatic rings. The van der Waals surface area contributed by atoms with Gasteiger partial charge in [0.25, 0.3) is 0 Å². The standard InChI is InChI=1S/C33H26ClF3N2O9/c1-44-24(40)17-22(30(41)45-2)26(23-7-5-6-16-38-23)39(21-14-10-19(11-15-21)33(35,36)37)27-25(31(42)46-3)29(32(43)47-4)48-28(27)18-8-12-20(34)13-9-18/h5-17,26H,1-4H3/b22-17-. The normalized spacial score (nSPS) is 12.1. The molecule has 0 saturated carbocycles. The van der Waals surface area contributed by atoms with Crippen molar-refractivity contribution < 1.29 is 55.7 Å². The molecule has 2 aromatic heterocycles. The topological polar surface area (TPSA) is 134 Å². The first-order chi connectivity index (χ1) is 22.9. The van der Waals surface area contributed by atoms with Gasteiger partial charge in [-0.2, -0.15) is 13.2 Å². The number of pyridine rings is 1. The Morgan fingerprint density at radius 3 is 2.02 bits per heavy atom. The van der Waals surface area contributed by atoms with Crippen molar-refractivity contribution in [3.63, 3.8) is 0 Å². The van der Waals surface area contributed by atoms with E-state index < -0.39 is 58.6 Å². The Bertz CT molecular complexity index is 1840. The van der Waals surface area contributed by atoms with Crippen molar-refractivity contribution in [3.05, 3.63) is 112 Å². The highest BCUT2D eigenvalue weighted by Crippen LogP contribution is 2.48. The number of aromatic nitrogens is 1. The summed E-state index contributed by atoms with van der Waals surface area (Å²) in [6.45, 7) is 0. The third kappa shape index (κ3) is 7.33. The lowest BCUT2D eigenvalue weighted by atomic mass is 9.96. The van der Waals surface area contributed by atoms with Crippen LogP contribution < -0.4 is 4.90 Å². The van der Waals surface area contributed by atoms with Gasteiger partial charge in [0.2, 0.25) is 5.76 Å². The second-order valence-electron chi connectivity index (χ2n) is 9.66. The van der Waals surface area contributed by atoms with Gasteiger partial charge in [-0.05, 0) is 60.7 Å². The molecule has 0 amide bonds. The van der Waals surface area contributed by atoms with Crippen LogP contribution >= 0.6 is 11.6 Å². The lowest BCUT2D eigenvalue weighted by Gasteiger charge is -2.34. The summed E-state index contributed by atoms with van der Waals surface area (Å²) in [4.78, 5) is 58.3. The first-order valence-corrected chi connectivity index (χ1v) is 14.1. The van der Waals surface area contributed by atoms with Crippen molar-refractivity contribution in [2.24, 2.45) is 0 Å². The molecule has 11 nitrogen and oxygen atoms in total. The predicted molar refractivity (Wildman–Crippen MR) is 165 cm³/mol. The van der Waals surface area contributed by atoms with Crippen LogP contribution in [0, 0.1) is 0 Å². The van der Waals surface area contributed by atoms with Crippen LogP contribution in [0.15, 0.2) is 89.0 Å². The molecule has 1 atom stereocenters. The smallest absolute Gasteiger partial charge is 0.416 e. The zero-order valence-electron chi connectivity index (χ0n) is 25.7. The third-order valence-electron chi connectivity index (χ3n) is 6.88. The molecule has 2 heterocycles. The molecule has 0 radical (unpaired) electrons. The summed E-state index contributed by atoms with van der Waals surface area (Å²) in [7, 11) is 4.16. The maximum Gasteiger partial charge on any atom is 0.416 e. The first kappa shape index (κ1) is 35.2. The van der Waals surface area contributed by atoms with Crippen molar-refractivity contribution >= 4 is 46.9 Å². The number of anilines is 2. The monoisotopic (exact) mass is 686 g/mol. The van der Waals surface area contributed by atoms with E-state index in [1.54, 1.807) is 12.1 Å². The van der Waals surface area contributed by atoms with Crippen LogP contribution in [0.4, 0.5) is 24.5 Å². The predicted octanol–water partition coefficient (Wildman–Crippen LogP) is 6.74. The molecule has 0 spiro atoms. The van der Waals surface area contributed by atoms with E-state index in [0.717, 1.165) is 58.8 Å². The Morgan fingerprint density at radius 2 is 1.50 bits per heavy atom. The van der Waals surface area contributed by atoms with Crippen LogP contribution in [0.3, 0.4) is 0 Å². The molecule has 250 valence electrons. The van der Waals surface area contributed by atoms with Crippen LogP contribution in [0.1, 0.15) is 38.2 Å². The molecule has 48 heavy (non-hydrogen) atoms. The Kier molecular flexibility index (Phi) is 10.9. The largest absolute Gasteiger partial charge is 0.466 e. The average molecular weight is 687 g/mol. The molecular weight excluding hydrogens is 661 g/mol. The summed E-state index contributed by atoms with van der Waals surface area (Å²) in [6.07, 6.45) is -2.56. The molecule has 0 bridgehead atoms. The number of rotatable bonds is 10. The van der Waals surface area contributed by atoms with Gasteiger partial charge in [-0.25, -0.2) is 19.2 Å². The molecule has 15 heteroatoms.